The van der Waals surface area contributed by atoms with Crippen LogP contribution in [0.4, 0.5) is 0 Å². The van der Waals surface area contributed by atoms with Crippen LogP contribution in [0.5, 0.6) is 0 Å². The van der Waals surface area contributed by atoms with Crippen LogP contribution in [0.1, 0.15) is 20.7 Å². The maximum atomic E-state index is 11.8. The Hall–Kier alpha value is -2.42. The van der Waals surface area contributed by atoms with Gasteiger partial charge < -0.3 is 4.74 Å². The average Bonchev–Trinajstić information content (AvgIpc) is 2.42. The highest BCUT2D eigenvalue weighted by molar-refractivity contribution is 5.98. The number of carbonyl (C=O) groups excluding carboxylic acids is 2. The summed E-state index contributed by atoms with van der Waals surface area (Å²) >= 11 is 0. The lowest BCUT2D eigenvalue weighted by Crippen LogP contribution is -2.09. The van der Waals surface area contributed by atoms with Crippen LogP contribution in [0.2, 0.25) is 0 Å². The van der Waals surface area contributed by atoms with E-state index in [-0.39, 0.29) is 12.2 Å². The summed E-state index contributed by atoms with van der Waals surface area (Å²) in [4.78, 5) is 22.6. The molecule has 0 N–H and O–H groups in total. The molecule has 0 saturated heterocycles. The van der Waals surface area contributed by atoms with E-state index < -0.39 is 5.97 Å². The Labute approximate surface area is 106 Å². The predicted molar refractivity (Wildman–Crippen MR) is 70.6 cm³/mol. The SMILES string of the molecule is C=C/C=C(\C=C)COC(=O)c1ccccc1C=O. The van der Waals surface area contributed by atoms with Gasteiger partial charge in [-0.3, -0.25) is 4.79 Å². The molecule has 1 aromatic rings. The lowest BCUT2D eigenvalue weighted by Gasteiger charge is -2.06. The van der Waals surface area contributed by atoms with Crippen molar-refractivity contribution in [3.63, 3.8) is 0 Å². The van der Waals surface area contributed by atoms with Gasteiger partial charge in [0.25, 0.3) is 0 Å². The number of aldehydes is 1. The van der Waals surface area contributed by atoms with Crippen molar-refractivity contribution in [3.05, 3.63) is 72.4 Å². The van der Waals surface area contributed by atoms with Crippen LogP contribution in [0.15, 0.2) is 61.2 Å². The van der Waals surface area contributed by atoms with Crippen LogP contribution < -0.4 is 0 Å². The highest BCUT2D eigenvalue weighted by atomic mass is 16.5. The van der Waals surface area contributed by atoms with Gasteiger partial charge >= 0.3 is 5.97 Å². The molecule has 18 heavy (non-hydrogen) atoms. The second-order valence-corrected chi connectivity index (χ2v) is 3.46. The van der Waals surface area contributed by atoms with E-state index in [4.69, 9.17) is 4.74 Å². The van der Waals surface area contributed by atoms with Gasteiger partial charge in [0.2, 0.25) is 0 Å². The van der Waals surface area contributed by atoms with E-state index in [0.717, 1.165) is 5.57 Å². The van der Waals surface area contributed by atoms with Crippen LogP contribution in [-0.2, 0) is 4.74 Å². The molecule has 92 valence electrons. The Morgan fingerprint density at radius 2 is 2.00 bits per heavy atom. The molecule has 0 aromatic heterocycles. The molecule has 0 heterocycles. The van der Waals surface area contributed by atoms with Crippen molar-refractivity contribution >= 4 is 12.3 Å². The summed E-state index contributed by atoms with van der Waals surface area (Å²) in [5.74, 6) is -0.533. The fraction of sp³-hybridized carbons (Fsp3) is 0.0667. The predicted octanol–water partition coefficient (Wildman–Crippen LogP) is 2.95. The Balaban J connectivity index is 2.77. The quantitative estimate of drug-likeness (QED) is 0.437. The van der Waals surface area contributed by atoms with Crippen LogP contribution in [0, 0.1) is 0 Å². The maximum Gasteiger partial charge on any atom is 0.339 e. The molecule has 1 aromatic carbocycles. The molecule has 0 amide bonds. The van der Waals surface area contributed by atoms with Crippen LogP contribution in [-0.4, -0.2) is 18.9 Å². The maximum absolute atomic E-state index is 11.8. The molecule has 0 bridgehead atoms. The topological polar surface area (TPSA) is 43.4 Å². The number of rotatable bonds is 6. The highest BCUT2D eigenvalue weighted by Crippen LogP contribution is 2.09. The number of carbonyl (C=O) groups is 2. The van der Waals surface area contributed by atoms with Gasteiger partial charge in [0.15, 0.2) is 6.29 Å². The van der Waals surface area contributed by atoms with E-state index >= 15 is 0 Å². The minimum atomic E-state index is -0.533. The van der Waals surface area contributed by atoms with Gasteiger partial charge in [-0.15, -0.1) is 0 Å². The average molecular weight is 242 g/mol. The van der Waals surface area contributed by atoms with E-state index in [0.29, 0.717) is 11.8 Å². The fourth-order valence-electron chi connectivity index (χ4n) is 1.34. The molecule has 0 unspecified atom stereocenters. The van der Waals surface area contributed by atoms with Gasteiger partial charge in [0.1, 0.15) is 6.61 Å². The number of benzene rings is 1. The molecule has 0 spiro atoms. The molecule has 1 rings (SSSR count). The lowest BCUT2D eigenvalue weighted by molar-refractivity contribution is 0.0540. The summed E-state index contributed by atoms with van der Waals surface area (Å²) in [5, 5.41) is 0. The van der Waals surface area contributed by atoms with Gasteiger partial charge in [0, 0.05) is 5.56 Å². The van der Waals surface area contributed by atoms with Crippen molar-refractivity contribution in [2.24, 2.45) is 0 Å². The van der Waals surface area contributed by atoms with Crippen molar-refractivity contribution < 1.29 is 14.3 Å². The van der Waals surface area contributed by atoms with E-state index in [2.05, 4.69) is 13.2 Å². The van der Waals surface area contributed by atoms with Crippen molar-refractivity contribution in [1.29, 1.82) is 0 Å². The third-order valence-corrected chi connectivity index (χ3v) is 2.27. The van der Waals surface area contributed by atoms with Gasteiger partial charge in [0.05, 0.1) is 5.56 Å². The third kappa shape index (κ3) is 3.56. The standard InChI is InChI=1S/C15H14O3/c1-3-7-12(4-2)11-18-15(17)14-9-6-5-8-13(14)10-16/h3-10H,1-2,11H2/b12-7+. The van der Waals surface area contributed by atoms with E-state index in [1.165, 1.54) is 0 Å². The zero-order valence-corrected chi connectivity index (χ0v) is 9.96. The normalized spacial score (nSPS) is 10.6. The van der Waals surface area contributed by atoms with E-state index in [9.17, 15) is 9.59 Å². The summed E-state index contributed by atoms with van der Waals surface area (Å²) in [6.07, 6.45) is 5.50. The molecule has 0 saturated carbocycles. The first-order chi connectivity index (χ1) is 8.72. The summed E-state index contributed by atoms with van der Waals surface area (Å²) in [7, 11) is 0. The second kappa shape index (κ2) is 7.01. The molecule has 0 aliphatic heterocycles. The Morgan fingerprint density at radius 3 is 2.61 bits per heavy atom. The minimum absolute atomic E-state index is 0.0988. The minimum Gasteiger partial charge on any atom is -0.457 e. The van der Waals surface area contributed by atoms with Gasteiger partial charge in [-0.25, -0.2) is 4.79 Å². The fourth-order valence-corrected chi connectivity index (χ4v) is 1.34. The van der Waals surface area contributed by atoms with Gasteiger partial charge in [-0.1, -0.05) is 49.6 Å². The van der Waals surface area contributed by atoms with Crippen LogP contribution in [0.25, 0.3) is 0 Å². The highest BCUT2D eigenvalue weighted by Gasteiger charge is 2.11. The second-order valence-electron chi connectivity index (χ2n) is 3.46. The summed E-state index contributed by atoms with van der Waals surface area (Å²) < 4.78 is 5.09. The van der Waals surface area contributed by atoms with Crippen molar-refractivity contribution in [2.45, 2.75) is 0 Å². The lowest BCUT2D eigenvalue weighted by atomic mass is 10.1. The zero-order chi connectivity index (χ0) is 13.4. The Bertz CT molecular complexity index is 498. The number of esters is 1. The molecular weight excluding hydrogens is 228 g/mol. The molecule has 0 fully saturated rings. The Kier molecular flexibility index (Phi) is 5.32. The van der Waals surface area contributed by atoms with Gasteiger partial charge in [-0.05, 0) is 11.6 Å². The molecule has 0 radical (unpaired) electrons. The molecule has 0 aliphatic rings. The molecule has 0 aliphatic carbocycles. The largest absolute Gasteiger partial charge is 0.457 e. The number of hydrogen-bond donors (Lipinski definition) is 0. The summed E-state index contributed by atoms with van der Waals surface area (Å²) in [5.41, 5.74) is 1.31. The van der Waals surface area contributed by atoms with Crippen molar-refractivity contribution in [1.82, 2.24) is 0 Å². The monoisotopic (exact) mass is 242 g/mol. The smallest absolute Gasteiger partial charge is 0.339 e. The molecule has 0 atom stereocenters. The summed E-state index contributed by atoms with van der Waals surface area (Å²) in [6, 6.07) is 6.49. The molecular formula is C15H14O3. The molecule has 3 nitrogen and oxygen atoms in total. The van der Waals surface area contributed by atoms with Crippen LogP contribution in [0.3, 0.4) is 0 Å². The van der Waals surface area contributed by atoms with E-state index in [1.54, 1.807) is 42.5 Å². The number of ether oxygens (including phenoxy) is 1. The van der Waals surface area contributed by atoms with Gasteiger partial charge in [-0.2, -0.15) is 0 Å². The third-order valence-electron chi connectivity index (χ3n) is 2.27. The summed E-state index contributed by atoms with van der Waals surface area (Å²) in [6.45, 7) is 7.25. The number of allylic oxidation sites excluding steroid dienone is 2. The Morgan fingerprint density at radius 1 is 1.28 bits per heavy atom. The van der Waals surface area contributed by atoms with Crippen molar-refractivity contribution in [2.75, 3.05) is 6.61 Å². The first kappa shape index (κ1) is 13.6. The molecule has 3 heteroatoms. The number of hydrogen-bond acceptors (Lipinski definition) is 3. The van der Waals surface area contributed by atoms with Crippen molar-refractivity contribution in [3.8, 4) is 0 Å². The van der Waals surface area contributed by atoms with Crippen LogP contribution >= 0.6 is 0 Å². The van der Waals surface area contributed by atoms with E-state index in [1.807, 2.05) is 0 Å². The first-order valence-corrected chi connectivity index (χ1v) is 5.38. The first-order valence-electron chi connectivity index (χ1n) is 5.38. The zero-order valence-electron chi connectivity index (χ0n) is 9.96.